The first-order chi connectivity index (χ1) is 7.58. The Hall–Kier alpha value is -1.63. The molecule has 0 unspecified atom stereocenters. The van der Waals surface area contributed by atoms with Gasteiger partial charge in [-0.05, 0) is 13.8 Å². The van der Waals surface area contributed by atoms with Crippen LogP contribution in [0.2, 0.25) is 0 Å². The zero-order chi connectivity index (χ0) is 12.1. The maximum Gasteiger partial charge on any atom is 0.322 e. The topological polar surface area (TPSA) is 97.4 Å². The SMILES string of the molecule is COc1nc(N)nc(N(CCO)C(C)C)n1. The number of rotatable bonds is 5. The number of anilines is 2. The fourth-order valence-corrected chi connectivity index (χ4v) is 1.28. The van der Waals surface area contributed by atoms with Gasteiger partial charge in [0, 0.05) is 12.6 Å². The van der Waals surface area contributed by atoms with Crippen LogP contribution in [0.1, 0.15) is 13.8 Å². The minimum Gasteiger partial charge on any atom is -0.467 e. The summed E-state index contributed by atoms with van der Waals surface area (Å²) in [4.78, 5) is 13.7. The first kappa shape index (κ1) is 12.4. The van der Waals surface area contributed by atoms with Crippen molar-refractivity contribution < 1.29 is 9.84 Å². The van der Waals surface area contributed by atoms with Gasteiger partial charge in [0.25, 0.3) is 0 Å². The van der Waals surface area contributed by atoms with E-state index >= 15 is 0 Å². The average molecular weight is 227 g/mol. The van der Waals surface area contributed by atoms with Crippen LogP contribution in [-0.4, -0.2) is 46.4 Å². The Bertz CT molecular complexity index is 345. The minimum absolute atomic E-state index is 0.0199. The summed E-state index contributed by atoms with van der Waals surface area (Å²) in [5, 5.41) is 8.97. The summed E-state index contributed by atoms with van der Waals surface area (Å²) in [6.07, 6.45) is 0. The second kappa shape index (κ2) is 5.45. The number of methoxy groups -OCH3 is 1. The number of nitrogens with zero attached hydrogens (tertiary/aromatic N) is 4. The van der Waals surface area contributed by atoms with Gasteiger partial charge in [0.2, 0.25) is 11.9 Å². The molecule has 0 amide bonds. The van der Waals surface area contributed by atoms with E-state index in [1.807, 2.05) is 18.7 Å². The Kier molecular flexibility index (Phi) is 4.24. The van der Waals surface area contributed by atoms with Crippen LogP contribution in [0.15, 0.2) is 0 Å². The van der Waals surface area contributed by atoms with Crippen molar-refractivity contribution in [1.82, 2.24) is 15.0 Å². The van der Waals surface area contributed by atoms with Crippen molar-refractivity contribution >= 4 is 11.9 Å². The van der Waals surface area contributed by atoms with E-state index in [0.29, 0.717) is 12.5 Å². The third kappa shape index (κ3) is 2.93. The third-order valence-corrected chi connectivity index (χ3v) is 2.02. The van der Waals surface area contributed by atoms with Gasteiger partial charge in [0.1, 0.15) is 0 Å². The van der Waals surface area contributed by atoms with E-state index in [1.54, 1.807) is 0 Å². The smallest absolute Gasteiger partial charge is 0.322 e. The van der Waals surface area contributed by atoms with Gasteiger partial charge in [0.05, 0.1) is 13.7 Å². The summed E-state index contributed by atoms with van der Waals surface area (Å²) in [6, 6.07) is 0.324. The number of nitrogen functional groups attached to an aromatic ring is 1. The monoisotopic (exact) mass is 227 g/mol. The standard InChI is InChI=1S/C9H17N5O2/c1-6(2)14(4-5-15)8-11-7(10)12-9(13-8)16-3/h6,15H,4-5H2,1-3H3,(H2,10,11,12,13). The van der Waals surface area contributed by atoms with Crippen molar-refractivity contribution in [2.24, 2.45) is 0 Å². The van der Waals surface area contributed by atoms with Crippen LogP contribution in [0.5, 0.6) is 6.01 Å². The van der Waals surface area contributed by atoms with E-state index in [-0.39, 0.29) is 24.6 Å². The van der Waals surface area contributed by atoms with Gasteiger partial charge in [0.15, 0.2) is 0 Å². The molecule has 1 aromatic heterocycles. The molecular weight excluding hydrogens is 210 g/mol. The second-order valence-electron chi connectivity index (χ2n) is 3.49. The Balaban J connectivity index is 3.03. The van der Waals surface area contributed by atoms with Gasteiger partial charge in [-0.15, -0.1) is 0 Å². The molecule has 0 aliphatic carbocycles. The van der Waals surface area contributed by atoms with E-state index in [2.05, 4.69) is 15.0 Å². The van der Waals surface area contributed by atoms with E-state index in [0.717, 1.165) is 0 Å². The third-order valence-electron chi connectivity index (χ3n) is 2.02. The Morgan fingerprint density at radius 2 is 2.06 bits per heavy atom. The van der Waals surface area contributed by atoms with Gasteiger partial charge in [-0.1, -0.05) is 0 Å². The molecule has 0 bridgehead atoms. The zero-order valence-corrected chi connectivity index (χ0v) is 9.71. The van der Waals surface area contributed by atoms with E-state index < -0.39 is 0 Å². The lowest BCUT2D eigenvalue weighted by molar-refractivity contribution is 0.297. The lowest BCUT2D eigenvalue weighted by atomic mass is 10.3. The number of hydrogen-bond donors (Lipinski definition) is 2. The average Bonchev–Trinajstić information content (AvgIpc) is 2.24. The maximum atomic E-state index is 8.97. The summed E-state index contributed by atoms with van der Waals surface area (Å²) in [5.74, 6) is 0.513. The fraction of sp³-hybridized carbons (Fsp3) is 0.667. The number of aromatic nitrogens is 3. The Morgan fingerprint density at radius 3 is 2.56 bits per heavy atom. The number of nitrogens with two attached hydrogens (primary N) is 1. The minimum atomic E-state index is 0.0199. The maximum absolute atomic E-state index is 8.97. The molecule has 1 aromatic rings. The highest BCUT2D eigenvalue weighted by Crippen LogP contribution is 2.15. The van der Waals surface area contributed by atoms with Crippen LogP contribution in [0.25, 0.3) is 0 Å². The zero-order valence-electron chi connectivity index (χ0n) is 9.71. The highest BCUT2D eigenvalue weighted by Gasteiger charge is 2.15. The number of hydrogen-bond acceptors (Lipinski definition) is 7. The van der Waals surface area contributed by atoms with E-state index in [1.165, 1.54) is 7.11 Å². The Morgan fingerprint density at radius 1 is 1.38 bits per heavy atom. The molecule has 0 radical (unpaired) electrons. The normalized spacial score (nSPS) is 10.6. The predicted molar refractivity (Wildman–Crippen MR) is 60.4 cm³/mol. The van der Waals surface area contributed by atoms with Gasteiger partial charge < -0.3 is 20.5 Å². The van der Waals surface area contributed by atoms with E-state index in [9.17, 15) is 0 Å². The molecule has 0 aliphatic rings. The number of ether oxygens (including phenoxy) is 1. The first-order valence-electron chi connectivity index (χ1n) is 5.01. The quantitative estimate of drug-likeness (QED) is 0.710. The molecular formula is C9H17N5O2. The molecule has 16 heavy (non-hydrogen) atoms. The van der Waals surface area contributed by atoms with Crippen molar-refractivity contribution in [3.63, 3.8) is 0 Å². The molecule has 7 nitrogen and oxygen atoms in total. The molecule has 0 aliphatic heterocycles. The van der Waals surface area contributed by atoms with Crippen LogP contribution >= 0.6 is 0 Å². The van der Waals surface area contributed by atoms with Crippen LogP contribution < -0.4 is 15.4 Å². The molecule has 0 saturated carbocycles. The molecule has 3 N–H and O–H groups in total. The van der Waals surface area contributed by atoms with Crippen molar-refractivity contribution in [3.05, 3.63) is 0 Å². The summed E-state index contributed by atoms with van der Waals surface area (Å²) >= 11 is 0. The van der Waals surface area contributed by atoms with Crippen molar-refractivity contribution in [2.75, 3.05) is 30.9 Å². The van der Waals surface area contributed by atoms with Crippen molar-refractivity contribution in [1.29, 1.82) is 0 Å². The Labute approximate surface area is 94.3 Å². The van der Waals surface area contributed by atoms with E-state index in [4.69, 9.17) is 15.6 Å². The molecule has 0 fully saturated rings. The highest BCUT2D eigenvalue weighted by atomic mass is 16.5. The second-order valence-corrected chi connectivity index (χ2v) is 3.49. The summed E-state index contributed by atoms with van der Waals surface area (Å²) in [7, 11) is 1.46. The molecule has 1 rings (SSSR count). The largest absolute Gasteiger partial charge is 0.467 e. The van der Waals surface area contributed by atoms with Gasteiger partial charge in [-0.25, -0.2) is 0 Å². The fourth-order valence-electron chi connectivity index (χ4n) is 1.28. The molecule has 0 spiro atoms. The predicted octanol–water partition coefficient (Wildman–Crippen LogP) is -0.331. The van der Waals surface area contributed by atoms with Crippen LogP contribution in [-0.2, 0) is 0 Å². The molecule has 90 valence electrons. The first-order valence-corrected chi connectivity index (χ1v) is 5.01. The van der Waals surface area contributed by atoms with Gasteiger partial charge in [-0.3, -0.25) is 0 Å². The lowest BCUT2D eigenvalue weighted by Crippen LogP contribution is -2.35. The number of aliphatic hydroxyl groups excluding tert-OH is 1. The highest BCUT2D eigenvalue weighted by molar-refractivity contribution is 5.36. The number of aliphatic hydroxyl groups is 1. The summed E-state index contributed by atoms with van der Waals surface area (Å²) in [6.45, 7) is 4.40. The van der Waals surface area contributed by atoms with Crippen molar-refractivity contribution in [2.45, 2.75) is 19.9 Å². The molecule has 0 saturated heterocycles. The van der Waals surface area contributed by atoms with Crippen LogP contribution in [0.4, 0.5) is 11.9 Å². The van der Waals surface area contributed by atoms with Gasteiger partial charge in [-0.2, -0.15) is 15.0 Å². The lowest BCUT2D eigenvalue weighted by Gasteiger charge is -2.25. The molecule has 7 heteroatoms. The molecule has 0 atom stereocenters. The van der Waals surface area contributed by atoms with Gasteiger partial charge >= 0.3 is 6.01 Å². The van der Waals surface area contributed by atoms with Crippen LogP contribution in [0.3, 0.4) is 0 Å². The molecule has 1 heterocycles. The summed E-state index contributed by atoms with van der Waals surface area (Å²) < 4.78 is 4.91. The summed E-state index contributed by atoms with van der Waals surface area (Å²) in [5.41, 5.74) is 5.54. The van der Waals surface area contributed by atoms with Crippen molar-refractivity contribution in [3.8, 4) is 6.01 Å². The molecule has 0 aromatic carbocycles. The van der Waals surface area contributed by atoms with Crippen LogP contribution in [0, 0.1) is 0 Å².